The molecule has 6 nitrogen and oxygen atoms in total. The van der Waals surface area contributed by atoms with Gasteiger partial charge < -0.3 is 19.3 Å². The standard InChI is InChI=1S/C19H28O6/c1-12(2)17(20)24-10-19(22,11-25-18(21)13(3)4)15-8-7-14(5)9-16(15)23-6/h7-9,12-13,22H,10-11H2,1-6H3. The van der Waals surface area contributed by atoms with E-state index in [0.717, 1.165) is 5.56 Å². The van der Waals surface area contributed by atoms with Gasteiger partial charge in [-0.15, -0.1) is 0 Å². The zero-order valence-electron chi connectivity index (χ0n) is 15.8. The summed E-state index contributed by atoms with van der Waals surface area (Å²) in [6.45, 7) is 8.02. The van der Waals surface area contributed by atoms with Gasteiger partial charge >= 0.3 is 11.9 Å². The lowest BCUT2D eigenvalue weighted by Crippen LogP contribution is -2.39. The zero-order valence-corrected chi connectivity index (χ0v) is 15.8. The smallest absolute Gasteiger partial charge is 0.308 e. The molecule has 0 aromatic heterocycles. The molecule has 0 unspecified atom stereocenters. The Balaban J connectivity index is 3.13. The topological polar surface area (TPSA) is 82.1 Å². The second-order valence-corrected chi connectivity index (χ2v) is 6.76. The highest BCUT2D eigenvalue weighted by molar-refractivity contribution is 5.72. The molecule has 25 heavy (non-hydrogen) atoms. The van der Waals surface area contributed by atoms with Crippen LogP contribution in [0, 0.1) is 18.8 Å². The molecule has 1 aromatic rings. The van der Waals surface area contributed by atoms with Crippen molar-refractivity contribution in [3.63, 3.8) is 0 Å². The largest absolute Gasteiger partial charge is 0.496 e. The lowest BCUT2D eigenvalue weighted by atomic mass is 9.93. The summed E-state index contributed by atoms with van der Waals surface area (Å²) in [6.07, 6.45) is 0. The lowest BCUT2D eigenvalue weighted by molar-refractivity contribution is -0.168. The monoisotopic (exact) mass is 352 g/mol. The van der Waals surface area contributed by atoms with Crippen LogP contribution in [-0.2, 0) is 24.7 Å². The average molecular weight is 352 g/mol. The van der Waals surface area contributed by atoms with Crippen LogP contribution in [0.25, 0.3) is 0 Å². The van der Waals surface area contributed by atoms with Crippen molar-refractivity contribution >= 4 is 11.9 Å². The molecule has 0 saturated heterocycles. The van der Waals surface area contributed by atoms with Crippen LogP contribution in [0.4, 0.5) is 0 Å². The summed E-state index contributed by atoms with van der Waals surface area (Å²) in [5, 5.41) is 11.1. The van der Waals surface area contributed by atoms with Gasteiger partial charge in [-0.05, 0) is 18.6 Å². The number of benzene rings is 1. The van der Waals surface area contributed by atoms with Gasteiger partial charge in [0.1, 0.15) is 19.0 Å². The molecule has 0 heterocycles. The molecule has 6 heteroatoms. The highest BCUT2D eigenvalue weighted by atomic mass is 16.6. The molecular formula is C19H28O6. The predicted molar refractivity (Wildman–Crippen MR) is 93.2 cm³/mol. The summed E-state index contributed by atoms with van der Waals surface area (Å²) in [6, 6.07) is 5.24. The Morgan fingerprint density at radius 3 is 1.92 bits per heavy atom. The van der Waals surface area contributed by atoms with Crippen LogP contribution in [0.3, 0.4) is 0 Å². The molecule has 0 aliphatic heterocycles. The summed E-state index contributed by atoms with van der Waals surface area (Å²) >= 11 is 0. The van der Waals surface area contributed by atoms with E-state index in [4.69, 9.17) is 14.2 Å². The van der Waals surface area contributed by atoms with Gasteiger partial charge in [-0.2, -0.15) is 0 Å². The summed E-state index contributed by atoms with van der Waals surface area (Å²) in [4.78, 5) is 23.6. The Labute approximate surface area is 149 Å². The van der Waals surface area contributed by atoms with Crippen molar-refractivity contribution in [3.05, 3.63) is 29.3 Å². The van der Waals surface area contributed by atoms with Crippen LogP contribution in [0.2, 0.25) is 0 Å². The Kier molecular flexibility index (Phi) is 7.42. The van der Waals surface area contributed by atoms with Crippen LogP contribution in [0.15, 0.2) is 18.2 Å². The summed E-state index contributed by atoms with van der Waals surface area (Å²) in [5.74, 6) is -1.12. The van der Waals surface area contributed by atoms with Crippen molar-refractivity contribution in [2.24, 2.45) is 11.8 Å². The first-order valence-electron chi connectivity index (χ1n) is 8.31. The predicted octanol–water partition coefficient (Wildman–Crippen LogP) is 2.59. The van der Waals surface area contributed by atoms with Crippen molar-refractivity contribution < 1.29 is 28.9 Å². The lowest BCUT2D eigenvalue weighted by Gasteiger charge is -2.29. The fourth-order valence-corrected chi connectivity index (χ4v) is 2.09. The van der Waals surface area contributed by atoms with Gasteiger partial charge in [0.15, 0.2) is 5.60 Å². The third-order valence-electron chi connectivity index (χ3n) is 3.71. The molecule has 0 amide bonds. The first kappa shape index (κ1) is 21.0. The van der Waals surface area contributed by atoms with Crippen LogP contribution < -0.4 is 4.74 Å². The number of carbonyl (C=O) groups excluding carboxylic acids is 2. The minimum absolute atomic E-state index is 0.331. The average Bonchev–Trinajstić information content (AvgIpc) is 2.56. The van der Waals surface area contributed by atoms with Gasteiger partial charge in [-0.3, -0.25) is 9.59 Å². The summed E-state index contributed by atoms with van der Waals surface area (Å²) < 4.78 is 15.8. The van der Waals surface area contributed by atoms with Crippen LogP contribution in [0.1, 0.15) is 38.8 Å². The van der Waals surface area contributed by atoms with Gasteiger partial charge in [-0.1, -0.05) is 39.8 Å². The molecule has 0 aliphatic carbocycles. The van der Waals surface area contributed by atoms with Gasteiger partial charge in [0.2, 0.25) is 0 Å². The van der Waals surface area contributed by atoms with Gasteiger partial charge in [0, 0.05) is 5.56 Å². The maximum absolute atomic E-state index is 11.8. The van der Waals surface area contributed by atoms with Crippen molar-refractivity contribution in [1.29, 1.82) is 0 Å². The van der Waals surface area contributed by atoms with Crippen molar-refractivity contribution in [3.8, 4) is 5.75 Å². The van der Waals surface area contributed by atoms with E-state index in [2.05, 4.69) is 0 Å². The Morgan fingerprint density at radius 1 is 1.04 bits per heavy atom. The highest BCUT2D eigenvalue weighted by Crippen LogP contribution is 2.32. The van der Waals surface area contributed by atoms with Gasteiger partial charge in [0.25, 0.3) is 0 Å². The van der Waals surface area contributed by atoms with Gasteiger partial charge in [-0.25, -0.2) is 0 Å². The van der Waals surface area contributed by atoms with E-state index in [1.807, 2.05) is 6.92 Å². The molecule has 0 aliphatic rings. The number of ether oxygens (including phenoxy) is 3. The molecule has 0 bridgehead atoms. The number of hydrogen-bond acceptors (Lipinski definition) is 6. The first-order valence-corrected chi connectivity index (χ1v) is 8.31. The Bertz CT molecular complexity index is 582. The summed E-state index contributed by atoms with van der Waals surface area (Å²) in [7, 11) is 1.49. The zero-order chi connectivity index (χ0) is 19.2. The van der Waals surface area contributed by atoms with E-state index in [1.54, 1.807) is 45.9 Å². The molecule has 0 radical (unpaired) electrons. The van der Waals surface area contributed by atoms with E-state index >= 15 is 0 Å². The van der Waals surface area contributed by atoms with E-state index in [9.17, 15) is 14.7 Å². The minimum atomic E-state index is -1.70. The third-order valence-corrected chi connectivity index (χ3v) is 3.71. The van der Waals surface area contributed by atoms with Crippen molar-refractivity contribution in [2.75, 3.05) is 20.3 Å². The molecule has 0 saturated carbocycles. The minimum Gasteiger partial charge on any atom is -0.496 e. The second-order valence-electron chi connectivity index (χ2n) is 6.76. The number of aliphatic hydroxyl groups is 1. The van der Waals surface area contributed by atoms with Crippen molar-refractivity contribution in [1.82, 2.24) is 0 Å². The first-order chi connectivity index (χ1) is 11.6. The fraction of sp³-hybridized carbons (Fsp3) is 0.579. The maximum Gasteiger partial charge on any atom is 0.308 e. The molecule has 0 fully saturated rings. The molecule has 140 valence electrons. The second kappa shape index (κ2) is 8.85. The molecule has 1 N–H and O–H groups in total. The number of esters is 2. The van der Waals surface area contributed by atoms with Crippen LogP contribution in [0.5, 0.6) is 5.75 Å². The number of methoxy groups -OCH3 is 1. The quantitative estimate of drug-likeness (QED) is 0.724. The van der Waals surface area contributed by atoms with Crippen molar-refractivity contribution in [2.45, 2.75) is 40.2 Å². The fourth-order valence-electron chi connectivity index (χ4n) is 2.09. The number of aryl methyl sites for hydroxylation is 1. The van der Waals surface area contributed by atoms with Gasteiger partial charge in [0.05, 0.1) is 18.9 Å². The Morgan fingerprint density at radius 2 is 1.52 bits per heavy atom. The normalized spacial score (nSPS) is 11.6. The number of rotatable bonds is 8. The van der Waals surface area contributed by atoms with E-state index in [-0.39, 0.29) is 25.0 Å². The van der Waals surface area contributed by atoms with E-state index < -0.39 is 17.5 Å². The SMILES string of the molecule is COc1cc(C)ccc1C(O)(COC(=O)C(C)C)COC(=O)C(C)C. The molecule has 0 spiro atoms. The van der Waals surface area contributed by atoms with E-state index in [1.165, 1.54) is 7.11 Å². The van der Waals surface area contributed by atoms with Crippen LogP contribution >= 0.6 is 0 Å². The number of carbonyl (C=O) groups is 2. The summed E-state index contributed by atoms with van der Waals surface area (Å²) in [5.41, 5.74) is -0.358. The van der Waals surface area contributed by atoms with Crippen LogP contribution in [-0.4, -0.2) is 37.4 Å². The maximum atomic E-state index is 11.8. The van der Waals surface area contributed by atoms with E-state index in [0.29, 0.717) is 11.3 Å². The number of hydrogen-bond donors (Lipinski definition) is 1. The molecule has 1 aromatic carbocycles. The molecular weight excluding hydrogens is 324 g/mol. The molecule has 1 rings (SSSR count). The molecule has 0 atom stereocenters. The third kappa shape index (κ3) is 5.74. The Hall–Kier alpha value is -2.08. The highest BCUT2D eigenvalue weighted by Gasteiger charge is 2.36.